The largest absolute Gasteiger partial charge is 0.507 e. The van der Waals surface area contributed by atoms with Gasteiger partial charge in [-0.2, -0.15) is 0 Å². The lowest BCUT2D eigenvalue weighted by Crippen LogP contribution is -2.29. The third-order valence-corrected chi connectivity index (χ3v) is 5.47. The molecule has 168 valence electrons. The zero-order chi connectivity index (χ0) is 23.5. The molecule has 3 aromatic rings. The molecule has 1 unspecified atom stereocenters. The summed E-state index contributed by atoms with van der Waals surface area (Å²) in [6.45, 7) is 0. The standard InChI is InChI=1S/C25H22N2O6/c1-31-16-8-9-19(32-2)17(14-16)23(28)21-22(15-10-12-26-13-11-15)27(25(30)24(21)29)18-6-4-5-7-20(18)33-3/h4-14,22,28H,1-3H3/b23-21+. The van der Waals surface area contributed by atoms with Gasteiger partial charge in [-0.05, 0) is 48.0 Å². The van der Waals surface area contributed by atoms with Crippen LogP contribution in [0.25, 0.3) is 5.76 Å². The normalized spacial score (nSPS) is 17.2. The molecule has 1 atom stereocenters. The molecular weight excluding hydrogens is 424 g/mol. The quantitative estimate of drug-likeness (QED) is 0.350. The number of methoxy groups -OCH3 is 3. The van der Waals surface area contributed by atoms with Gasteiger partial charge in [0, 0.05) is 12.4 Å². The minimum absolute atomic E-state index is 0.0799. The van der Waals surface area contributed by atoms with Gasteiger partial charge in [-0.15, -0.1) is 0 Å². The second kappa shape index (κ2) is 9.04. The molecule has 4 rings (SSSR count). The van der Waals surface area contributed by atoms with E-state index in [2.05, 4.69) is 4.98 Å². The molecular formula is C25H22N2O6. The Hall–Kier alpha value is -4.33. The highest BCUT2D eigenvalue weighted by molar-refractivity contribution is 6.52. The van der Waals surface area contributed by atoms with Crippen molar-refractivity contribution >= 4 is 23.1 Å². The average Bonchev–Trinajstić information content (AvgIpc) is 3.13. The van der Waals surface area contributed by atoms with Crippen LogP contribution in [-0.2, 0) is 9.59 Å². The molecule has 8 nitrogen and oxygen atoms in total. The number of ketones is 1. The summed E-state index contributed by atoms with van der Waals surface area (Å²) in [6.07, 6.45) is 3.12. The maximum Gasteiger partial charge on any atom is 0.300 e. The summed E-state index contributed by atoms with van der Waals surface area (Å²) in [5.41, 5.74) is 1.15. The summed E-state index contributed by atoms with van der Waals surface area (Å²) >= 11 is 0. The third-order valence-electron chi connectivity index (χ3n) is 5.47. The van der Waals surface area contributed by atoms with Gasteiger partial charge in [0.2, 0.25) is 0 Å². The number of pyridine rings is 1. The summed E-state index contributed by atoms with van der Waals surface area (Å²) in [5, 5.41) is 11.4. The molecule has 33 heavy (non-hydrogen) atoms. The van der Waals surface area contributed by atoms with E-state index in [1.165, 1.54) is 26.2 Å². The third kappa shape index (κ3) is 3.76. The number of para-hydroxylation sites is 2. The number of hydrogen-bond acceptors (Lipinski definition) is 7. The molecule has 1 fully saturated rings. The van der Waals surface area contributed by atoms with Crippen LogP contribution in [0.5, 0.6) is 17.2 Å². The molecule has 0 bridgehead atoms. The van der Waals surface area contributed by atoms with Crippen LogP contribution in [0.1, 0.15) is 17.2 Å². The Morgan fingerprint density at radius 3 is 2.27 bits per heavy atom. The Kier molecular flexibility index (Phi) is 5.99. The molecule has 1 aliphatic rings. The molecule has 1 amide bonds. The Balaban J connectivity index is 2.00. The maximum absolute atomic E-state index is 13.3. The number of benzene rings is 2. The smallest absolute Gasteiger partial charge is 0.300 e. The number of carbonyl (C=O) groups excluding carboxylic acids is 2. The topological polar surface area (TPSA) is 98.2 Å². The first kappa shape index (κ1) is 21.9. The van der Waals surface area contributed by atoms with E-state index in [-0.39, 0.29) is 16.9 Å². The molecule has 1 N–H and O–H groups in total. The van der Waals surface area contributed by atoms with Crippen molar-refractivity contribution in [3.8, 4) is 17.2 Å². The predicted molar refractivity (Wildman–Crippen MR) is 122 cm³/mol. The number of hydrogen-bond donors (Lipinski definition) is 1. The van der Waals surface area contributed by atoms with E-state index < -0.39 is 17.7 Å². The van der Waals surface area contributed by atoms with E-state index in [1.54, 1.807) is 67.0 Å². The Labute approximate surface area is 190 Å². The highest BCUT2D eigenvalue weighted by Gasteiger charge is 2.48. The zero-order valence-corrected chi connectivity index (χ0v) is 18.3. The Morgan fingerprint density at radius 1 is 0.909 bits per heavy atom. The van der Waals surface area contributed by atoms with Crippen molar-refractivity contribution in [2.45, 2.75) is 6.04 Å². The molecule has 1 aromatic heterocycles. The SMILES string of the molecule is COc1ccc(OC)c(/C(O)=C2\C(=O)C(=O)N(c3ccccc3OC)C2c2ccncc2)c1. The number of ether oxygens (including phenoxy) is 3. The van der Waals surface area contributed by atoms with E-state index in [0.717, 1.165) is 0 Å². The van der Waals surface area contributed by atoms with E-state index in [1.807, 2.05) is 0 Å². The van der Waals surface area contributed by atoms with Gasteiger partial charge < -0.3 is 19.3 Å². The lowest BCUT2D eigenvalue weighted by molar-refractivity contribution is -0.132. The summed E-state index contributed by atoms with van der Waals surface area (Å²) in [4.78, 5) is 32.0. The predicted octanol–water partition coefficient (Wildman–Crippen LogP) is 3.73. The molecule has 8 heteroatoms. The average molecular weight is 446 g/mol. The number of aromatic nitrogens is 1. The summed E-state index contributed by atoms with van der Waals surface area (Å²) in [5.74, 6) is -0.794. The highest BCUT2D eigenvalue weighted by Crippen LogP contribution is 2.45. The minimum Gasteiger partial charge on any atom is -0.507 e. The fourth-order valence-electron chi connectivity index (χ4n) is 3.92. The molecule has 0 aliphatic carbocycles. The minimum atomic E-state index is -0.916. The number of anilines is 1. The van der Waals surface area contributed by atoms with E-state index >= 15 is 0 Å². The van der Waals surface area contributed by atoms with Crippen molar-refractivity contribution in [2.24, 2.45) is 0 Å². The van der Waals surface area contributed by atoms with Crippen LogP contribution in [0.2, 0.25) is 0 Å². The fraction of sp³-hybridized carbons (Fsp3) is 0.160. The van der Waals surface area contributed by atoms with Gasteiger partial charge in [0.05, 0.1) is 44.2 Å². The molecule has 0 spiro atoms. The summed E-state index contributed by atoms with van der Waals surface area (Å²) in [7, 11) is 4.42. The molecule has 1 aliphatic heterocycles. The van der Waals surface area contributed by atoms with Crippen molar-refractivity contribution < 1.29 is 28.9 Å². The van der Waals surface area contributed by atoms with Crippen LogP contribution in [0.15, 0.2) is 72.6 Å². The first-order valence-corrected chi connectivity index (χ1v) is 10.1. The monoisotopic (exact) mass is 446 g/mol. The van der Waals surface area contributed by atoms with Crippen molar-refractivity contribution in [3.05, 3.63) is 83.7 Å². The lowest BCUT2D eigenvalue weighted by atomic mass is 9.95. The van der Waals surface area contributed by atoms with Gasteiger partial charge >= 0.3 is 0 Å². The van der Waals surface area contributed by atoms with Crippen LogP contribution < -0.4 is 19.1 Å². The van der Waals surface area contributed by atoms with Crippen molar-refractivity contribution in [1.82, 2.24) is 4.98 Å². The van der Waals surface area contributed by atoms with E-state index in [9.17, 15) is 14.7 Å². The highest BCUT2D eigenvalue weighted by atomic mass is 16.5. The van der Waals surface area contributed by atoms with Crippen LogP contribution in [0, 0.1) is 0 Å². The number of amides is 1. The number of carbonyl (C=O) groups is 2. The molecule has 2 heterocycles. The lowest BCUT2D eigenvalue weighted by Gasteiger charge is -2.26. The van der Waals surface area contributed by atoms with Crippen molar-refractivity contribution in [3.63, 3.8) is 0 Å². The van der Waals surface area contributed by atoms with Crippen molar-refractivity contribution in [2.75, 3.05) is 26.2 Å². The van der Waals surface area contributed by atoms with Crippen LogP contribution in [0.3, 0.4) is 0 Å². The van der Waals surface area contributed by atoms with Gasteiger partial charge in [0.15, 0.2) is 0 Å². The van der Waals surface area contributed by atoms with Gasteiger partial charge in [-0.1, -0.05) is 12.1 Å². The van der Waals surface area contributed by atoms with Gasteiger partial charge in [0.1, 0.15) is 23.0 Å². The number of Topliss-reactive ketones (excluding diaryl/α,β-unsaturated/α-hetero) is 1. The first-order chi connectivity index (χ1) is 16.0. The Morgan fingerprint density at radius 2 is 1.61 bits per heavy atom. The van der Waals surface area contributed by atoms with E-state index in [0.29, 0.717) is 28.5 Å². The number of aliphatic hydroxyl groups is 1. The molecule has 2 aromatic carbocycles. The number of rotatable bonds is 6. The number of aliphatic hydroxyl groups excluding tert-OH is 1. The second-order valence-corrected chi connectivity index (χ2v) is 7.19. The molecule has 0 radical (unpaired) electrons. The summed E-state index contributed by atoms with van der Waals surface area (Å²) < 4.78 is 16.1. The van der Waals surface area contributed by atoms with E-state index in [4.69, 9.17) is 14.2 Å². The van der Waals surface area contributed by atoms with Crippen LogP contribution >= 0.6 is 0 Å². The van der Waals surface area contributed by atoms with Crippen LogP contribution in [-0.4, -0.2) is 43.1 Å². The first-order valence-electron chi connectivity index (χ1n) is 10.1. The summed E-state index contributed by atoms with van der Waals surface area (Å²) in [6, 6.07) is 14.2. The van der Waals surface area contributed by atoms with Gasteiger partial charge in [0.25, 0.3) is 11.7 Å². The fourth-order valence-corrected chi connectivity index (χ4v) is 3.92. The molecule has 0 saturated carbocycles. The molecule has 1 saturated heterocycles. The van der Waals surface area contributed by atoms with Crippen molar-refractivity contribution in [1.29, 1.82) is 0 Å². The van der Waals surface area contributed by atoms with Crippen LogP contribution in [0.4, 0.5) is 5.69 Å². The zero-order valence-electron chi connectivity index (χ0n) is 18.3. The Bertz CT molecular complexity index is 1240. The van der Waals surface area contributed by atoms with Gasteiger partial charge in [-0.3, -0.25) is 19.5 Å². The maximum atomic E-state index is 13.3. The number of nitrogens with zero attached hydrogens (tertiary/aromatic N) is 2. The second-order valence-electron chi connectivity index (χ2n) is 7.19. The van der Waals surface area contributed by atoms with Gasteiger partial charge in [-0.25, -0.2) is 0 Å².